The first kappa shape index (κ1) is 13.1. The first-order valence-corrected chi connectivity index (χ1v) is 7.21. The SMILES string of the molecule is NCc1ccc(CNc2ncnc3c2CCCC3)cc1. The van der Waals surface area contributed by atoms with Gasteiger partial charge in [-0.25, -0.2) is 9.97 Å². The molecule has 3 rings (SSSR count). The van der Waals surface area contributed by atoms with Gasteiger partial charge < -0.3 is 11.1 Å². The van der Waals surface area contributed by atoms with Gasteiger partial charge in [0.05, 0.1) is 0 Å². The van der Waals surface area contributed by atoms with Crippen molar-refractivity contribution in [3.8, 4) is 0 Å². The van der Waals surface area contributed by atoms with Crippen LogP contribution >= 0.6 is 0 Å². The van der Waals surface area contributed by atoms with Crippen molar-refractivity contribution in [3.63, 3.8) is 0 Å². The minimum atomic E-state index is 0.590. The molecule has 4 nitrogen and oxygen atoms in total. The number of aromatic nitrogens is 2. The first-order valence-electron chi connectivity index (χ1n) is 7.21. The van der Waals surface area contributed by atoms with Crippen LogP contribution in [0.1, 0.15) is 35.2 Å². The molecule has 1 aliphatic carbocycles. The van der Waals surface area contributed by atoms with Crippen molar-refractivity contribution < 1.29 is 0 Å². The summed E-state index contributed by atoms with van der Waals surface area (Å²) in [7, 11) is 0. The third-order valence-electron chi connectivity index (χ3n) is 3.84. The highest BCUT2D eigenvalue weighted by Gasteiger charge is 2.14. The first-order chi connectivity index (χ1) is 9.86. The summed E-state index contributed by atoms with van der Waals surface area (Å²) in [6.07, 6.45) is 6.32. The van der Waals surface area contributed by atoms with Gasteiger partial charge >= 0.3 is 0 Å². The minimum absolute atomic E-state index is 0.590. The molecule has 0 unspecified atom stereocenters. The van der Waals surface area contributed by atoms with Crippen LogP contribution in [0.4, 0.5) is 5.82 Å². The Hall–Kier alpha value is -1.94. The van der Waals surface area contributed by atoms with E-state index in [0.29, 0.717) is 6.54 Å². The van der Waals surface area contributed by atoms with Crippen LogP contribution in [0, 0.1) is 0 Å². The summed E-state index contributed by atoms with van der Waals surface area (Å²) < 4.78 is 0. The fourth-order valence-electron chi connectivity index (χ4n) is 2.65. The fourth-order valence-corrected chi connectivity index (χ4v) is 2.65. The molecule has 0 saturated heterocycles. The van der Waals surface area contributed by atoms with Gasteiger partial charge in [-0.1, -0.05) is 24.3 Å². The number of benzene rings is 1. The Labute approximate surface area is 119 Å². The average molecular weight is 268 g/mol. The molecule has 104 valence electrons. The topological polar surface area (TPSA) is 63.8 Å². The molecule has 2 aromatic rings. The van der Waals surface area contributed by atoms with Crippen LogP contribution in [-0.4, -0.2) is 9.97 Å². The smallest absolute Gasteiger partial charge is 0.133 e. The summed E-state index contributed by atoms with van der Waals surface area (Å²) in [4.78, 5) is 8.79. The molecule has 1 aromatic carbocycles. The van der Waals surface area contributed by atoms with Crippen LogP contribution in [-0.2, 0) is 25.9 Å². The molecule has 0 saturated carbocycles. The molecular weight excluding hydrogens is 248 g/mol. The molecule has 1 aliphatic rings. The number of anilines is 1. The van der Waals surface area contributed by atoms with Crippen molar-refractivity contribution in [2.24, 2.45) is 5.73 Å². The quantitative estimate of drug-likeness (QED) is 0.894. The Kier molecular flexibility index (Phi) is 3.92. The number of hydrogen-bond donors (Lipinski definition) is 2. The second-order valence-corrected chi connectivity index (χ2v) is 5.23. The van der Waals surface area contributed by atoms with Gasteiger partial charge in [0.15, 0.2) is 0 Å². The summed E-state index contributed by atoms with van der Waals surface area (Å²) in [6, 6.07) is 8.38. The molecule has 0 bridgehead atoms. The van der Waals surface area contributed by atoms with E-state index in [1.54, 1.807) is 6.33 Å². The number of aryl methyl sites for hydroxylation is 1. The minimum Gasteiger partial charge on any atom is -0.366 e. The zero-order valence-electron chi connectivity index (χ0n) is 11.6. The average Bonchev–Trinajstić information content (AvgIpc) is 2.53. The van der Waals surface area contributed by atoms with Crippen molar-refractivity contribution in [2.45, 2.75) is 38.8 Å². The third-order valence-corrected chi connectivity index (χ3v) is 3.84. The van der Waals surface area contributed by atoms with Gasteiger partial charge in [-0.2, -0.15) is 0 Å². The van der Waals surface area contributed by atoms with E-state index in [9.17, 15) is 0 Å². The third kappa shape index (κ3) is 2.80. The lowest BCUT2D eigenvalue weighted by Crippen LogP contribution is -2.12. The predicted octanol–water partition coefficient (Wildman–Crippen LogP) is 2.43. The highest BCUT2D eigenvalue weighted by Crippen LogP contribution is 2.24. The molecule has 0 fully saturated rings. The van der Waals surface area contributed by atoms with Gasteiger partial charge in [-0.05, 0) is 36.8 Å². The Balaban J connectivity index is 1.71. The number of nitrogens with zero attached hydrogens (tertiary/aromatic N) is 2. The second-order valence-electron chi connectivity index (χ2n) is 5.23. The lowest BCUT2D eigenvalue weighted by atomic mass is 9.96. The highest BCUT2D eigenvalue weighted by atomic mass is 15.0. The molecule has 0 spiro atoms. The molecule has 4 heteroatoms. The molecular formula is C16H20N4. The van der Waals surface area contributed by atoms with Crippen molar-refractivity contribution in [1.29, 1.82) is 0 Å². The van der Waals surface area contributed by atoms with E-state index in [0.717, 1.165) is 30.8 Å². The zero-order valence-corrected chi connectivity index (χ0v) is 11.6. The lowest BCUT2D eigenvalue weighted by Gasteiger charge is -2.18. The van der Waals surface area contributed by atoms with Crippen molar-refractivity contribution in [2.75, 3.05) is 5.32 Å². The van der Waals surface area contributed by atoms with Gasteiger partial charge in [0.1, 0.15) is 12.1 Å². The molecule has 1 aromatic heterocycles. The summed E-state index contributed by atoms with van der Waals surface area (Å²) in [5.74, 6) is 0.998. The molecule has 20 heavy (non-hydrogen) atoms. The zero-order chi connectivity index (χ0) is 13.8. The maximum Gasteiger partial charge on any atom is 0.133 e. The van der Waals surface area contributed by atoms with Crippen molar-refractivity contribution in [3.05, 3.63) is 53.0 Å². The standard InChI is InChI=1S/C16H20N4/c17-9-12-5-7-13(8-6-12)10-18-16-14-3-1-2-4-15(14)19-11-20-16/h5-8,11H,1-4,9-10,17H2,(H,18,19,20). The van der Waals surface area contributed by atoms with Crippen LogP contribution < -0.4 is 11.1 Å². The van der Waals surface area contributed by atoms with Crippen LogP contribution in [0.3, 0.4) is 0 Å². The van der Waals surface area contributed by atoms with Crippen LogP contribution in [0.2, 0.25) is 0 Å². The van der Waals surface area contributed by atoms with Gasteiger partial charge in [0, 0.05) is 24.3 Å². The summed E-state index contributed by atoms with van der Waals surface area (Å²) in [6.45, 7) is 1.38. The molecule has 0 aliphatic heterocycles. The molecule has 0 amide bonds. The monoisotopic (exact) mass is 268 g/mol. The van der Waals surface area contributed by atoms with Crippen LogP contribution in [0.5, 0.6) is 0 Å². The summed E-state index contributed by atoms with van der Waals surface area (Å²) in [5, 5.41) is 3.44. The van der Waals surface area contributed by atoms with Gasteiger partial charge in [-0.3, -0.25) is 0 Å². The van der Waals surface area contributed by atoms with E-state index in [2.05, 4.69) is 39.6 Å². The van der Waals surface area contributed by atoms with Gasteiger partial charge in [-0.15, -0.1) is 0 Å². The van der Waals surface area contributed by atoms with Crippen molar-refractivity contribution >= 4 is 5.82 Å². The van der Waals surface area contributed by atoms with E-state index < -0.39 is 0 Å². The van der Waals surface area contributed by atoms with Crippen molar-refractivity contribution in [1.82, 2.24) is 9.97 Å². The van der Waals surface area contributed by atoms with Crippen LogP contribution in [0.15, 0.2) is 30.6 Å². The number of fused-ring (bicyclic) bond motifs is 1. The Morgan fingerprint density at radius 1 is 1.00 bits per heavy atom. The van der Waals surface area contributed by atoms with E-state index >= 15 is 0 Å². The molecule has 3 N–H and O–H groups in total. The maximum absolute atomic E-state index is 5.61. The second kappa shape index (κ2) is 6.01. The van der Waals surface area contributed by atoms with E-state index in [-0.39, 0.29) is 0 Å². The molecule has 0 radical (unpaired) electrons. The van der Waals surface area contributed by atoms with E-state index in [1.165, 1.54) is 29.7 Å². The predicted molar refractivity (Wildman–Crippen MR) is 80.3 cm³/mol. The van der Waals surface area contributed by atoms with Gasteiger partial charge in [0.25, 0.3) is 0 Å². The van der Waals surface area contributed by atoms with E-state index in [1.807, 2.05) is 0 Å². The molecule has 1 heterocycles. The van der Waals surface area contributed by atoms with Crippen LogP contribution in [0.25, 0.3) is 0 Å². The number of nitrogens with two attached hydrogens (primary N) is 1. The highest BCUT2D eigenvalue weighted by molar-refractivity contribution is 5.47. The lowest BCUT2D eigenvalue weighted by molar-refractivity contribution is 0.663. The number of nitrogens with one attached hydrogen (secondary N) is 1. The van der Waals surface area contributed by atoms with Gasteiger partial charge in [0.2, 0.25) is 0 Å². The number of hydrogen-bond acceptors (Lipinski definition) is 4. The fraction of sp³-hybridized carbons (Fsp3) is 0.375. The summed E-state index contributed by atoms with van der Waals surface area (Å²) in [5.41, 5.74) is 10.5. The number of rotatable bonds is 4. The largest absolute Gasteiger partial charge is 0.366 e. The Bertz CT molecular complexity index is 578. The Morgan fingerprint density at radius 3 is 2.55 bits per heavy atom. The maximum atomic E-state index is 5.61. The normalized spacial score (nSPS) is 13.8. The Morgan fingerprint density at radius 2 is 1.75 bits per heavy atom. The van der Waals surface area contributed by atoms with E-state index in [4.69, 9.17) is 5.73 Å². The molecule has 0 atom stereocenters. The summed E-state index contributed by atoms with van der Waals surface area (Å²) >= 11 is 0.